The molecule has 136 valence electrons. The van der Waals surface area contributed by atoms with Gasteiger partial charge in [0.15, 0.2) is 0 Å². The van der Waals surface area contributed by atoms with E-state index in [0.29, 0.717) is 11.8 Å². The molecule has 0 aliphatic carbocycles. The summed E-state index contributed by atoms with van der Waals surface area (Å²) in [5, 5.41) is 1.10. The van der Waals surface area contributed by atoms with Gasteiger partial charge < -0.3 is 9.47 Å². The van der Waals surface area contributed by atoms with Crippen molar-refractivity contribution in [3.05, 3.63) is 46.7 Å². The lowest BCUT2D eigenvalue weighted by molar-refractivity contribution is 0.0628. The zero-order valence-electron chi connectivity index (χ0n) is 15.8. The highest BCUT2D eigenvalue weighted by atomic mass is 32.1. The van der Waals surface area contributed by atoms with E-state index in [1.165, 1.54) is 23.3 Å². The molecule has 3 aromatic rings. The van der Waals surface area contributed by atoms with Crippen molar-refractivity contribution in [2.24, 2.45) is 11.8 Å². The van der Waals surface area contributed by atoms with E-state index in [2.05, 4.69) is 31.4 Å². The zero-order valence-corrected chi connectivity index (χ0v) is 16.6. The van der Waals surface area contributed by atoms with Crippen molar-refractivity contribution in [2.75, 3.05) is 13.1 Å². The third-order valence-corrected chi connectivity index (χ3v) is 6.24. The Labute approximate surface area is 158 Å². The van der Waals surface area contributed by atoms with Gasteiger partial charge >= 0.3 is 0 Å². The smallest absolute Gasteiger partial charge is 0.266 e. The average Bonchev–Trinajstić information content (AvgIpc) is 3.19. The van der Waals surface area contributed by atoms with Crippen LogP contribution in [0.2, 0.25) is 0 Å². The molecule has 5 heteroatoms. The fourth-order valence-corrected chi connectivity index (χ4v) is 5.53. The third-order valence-electron chi connectivity index (χ3n) is 5.18. The van der Waals surface area contributed by atoms with Crippen LogP contribution in [-0.2, 0) is 0 Å². The summed E-state index contributed by atoms with van der Waals surface area (Å²) in [7, 11) is 0. The van der Waals surface area contributed by atoms with Gasteiger partial charge in [-0.05, 0) is 55.9 Å². The van der Waals surface area contributed by atoms with E-state index in [4.69, 9.17) is 4.98 Å². The Bertz CT molecular complexity index is 947. The van der Waals surface area contributed by atoms with Crippen LogP contribution in [0.15, 0.2) is 30.6 Å². The van der Waals surface area contributed by atoms with Crippen molar-refractivity contribution in [3.63, 3.8) is 0 Å². The van der Waals surface area contributed by atoms with Crippen LogP contribution in [0.25, 0.3) is 15.9 Å². The molecule has 0 bridgehead atoms. The molecule has 0 aromatic carbocycles. The van der Waals surface area contributed by atoms with Crippen LogP contribution in [0.5, 0.6) is 0 Å². The molecule has 4 heterocycles. The summed E-state index contributed by atoms with van der Waals surface area (Å²) in [6.07, 6.45) is 5.22. The van der Waals surface area contributed by atoms with Gasteiger partial charge in [-0.15, -0.1) is 11.3 Å². The number of aryl methyl sites for hydroxylation is 2. The van der Waals surface area contributed by atoms with Crippen LogP contribution in [0.3, 0.4) is 0 Å². The second-order valence-electron chi connectivity index (χ2n) is 7.79. The highest BCUT2D eigenvalue weighted by Gasteiger charge is 2.30. The standard InChI is InChI=1S/C21H25N3OS/c1-13-9-14(2)12-24(11-13)21(25)19-18(23-7-5-6-8-23)17-15(3)10-16(4)22-20(17)26-19/h5-8,10,13-14H,9,11-12H2,1-4H3/t13-,14-/m1/s1. The van der Waals surface area contributed by atoms with Crippen molar-refractivity contribution in [2.45, 2.75) is 34.1 Å². The molecular formula is C21H25N3OS. The molecule has 0 saturated carbocycles. The molecule has 26 heavy (non-hydrogen) atoms. The number of thiophene rings is 1. The number of rotatable bonds is 2. The minimum atomic E-state index is 0.146. The average molecular weight is 368 g/mol. The lowest BCUT2D eigenvalue weighted by Gasteiger charge is -2.35. The summed E-state index contributed by atoms with van der Waals surface area (Å²) in [5.74, 6) is 1.25. The van der Waals surface area contributed by atoms with Gasteiger partial charge in [0.25, 0.3) is 5.91 Å². The minimum absolute atomic E-state index is 0.146. The lowest BCUT2D eigenvalue weighted by Crippen LogP contribution is -2.42. The first-order valence-corrected chi connectivity index (χ1v) is 10.1. The molecule has 0 radical (unpaired) electrons. The molecule has 2 atom stereocenters. The van der Waals surface area contributed by atoms with E-state index in [1.807, 2.05) is 36.4 Å². The second-order valence-corrected chi connectivity index (χ2v) is 8.79. The van der Waals surface area contributed by atoms with Gasteiger partial charge in [-0.1, -0.05) is 13.8 Å². The van der Waals surface area contributed by atoms with Crippen molar-refractivity contribution in [3.8, 4) is 5.69 Å². The van der Waals surface area contributed by atoms with Gasteiger partial charge in [-0.2, -0.15) is 0 Å². The van der Waals surface area contributed by atoms with Gasteiger partial charge in [0.2, 0.25) is 0 Å². The number of piperidine rings is 1. The number of carbonyl (C=O) groups excluding carboxylic acids is 1. The highest BCUT2D eigenvalue weighted by molar-refractivity contribution is 7.21. The summed E-state index contributed by atoms with van der Waals surface area (Å²) < 4.78 is 2.06. The fraction of sp³-hybridized carbons (Fsp3) is 0.429. The first-order chi connectivity index (χ1) is 12.4. The van der Waals surface area contributed by atoms with E-state index in [1.54, 1.807) is 0 Å². The maximum Gasteiger partial charge on any atom is 0.266 e. The molecule has 1 aliphatic heterocycles. The summed E-state index contributed by atoms with van der Waals surface area (Å²) in [4.78, 5) is 22.0. The van der Waals surface area contributed by atoms with Crippen LogP contribution in [0, 0.1) is 25.7 Å². The van der Waals surface area contributed by atoms with Gasteiger partial charge in [-0.3, -0.25) is 4.79 Å². The molecule has 0 unspecified atom stereocenters. The highest BCUT2D eigenvalue weighted by Crippen LogP contribution is 2.37. The second kappa shape index (κ2) is 6.54. The van der Waals surface area contributed by atoms with Crippen molar-refractivity contribution in [1.82, 2.24) is 14.5 Å². The number of amides is 1. The predicted molar refractivity (Wildman–Crippen MR) is 107 cm³/mol. The van der Waals surface area contributed by atoms with E-state index < -0.39 is 0 Å². The van der Waals surface area contributed by atoms with Crippen LogP contribution < -0.4 is 0 Å². The van der Waals surface area contributed by atoms with E-state index in [9.17, 15) is 4.79 Å². The first-order valence-electron chi connectivity index (χ1n) is 9.27. The maximum absolute atomic E-state index is 13.5. The number of hydrogen-bond acceptors (Lipinski definition) is 3. The Balaban J connectivity index is 1.88. The maximum atomic E-state index is 13.5. The number of likely N-dealkylation sites (tertiary alicyclic amines) is 1. The van der Waals surface area contributed by atoms with Gasteiger partial charge in [-0.25, -0.2) is 4.98 Å². The number of aromatic nitrogens is 2. The predicted octanol–water partition coefficient (Wildman–Crippen LogP) is 4.82. The van der Waals surface area contributed by atoms with Gasteiger partial charge in [0.05, 0.1) is 5.69 Å². The quantitative estimate of drug-likeness (QED) is 0.651. The molecule has 0 N–H and O–H groups in total. The topological polar surface area (TPSA) is 38.1 Å². The van der Waals surface area contributed by atoms with E-state index in [-0.39, 0.29) is 5.91 Å². The SMILES string of the molecule is Cc1cc(C)c2c(-n3cccc3)c(C(=O)N3C[C@H](C)C[C@@H](C)C3)sc2n1. The number of nitrogens with zero attached hydrogens (tertiary/aromatic N) is 3. The normalized spacial score (nSPS) is 20.7. The molecule has 4 nitrogen and oxygen atoms in total. The molecule has 0 spiro atoms. The van der Waals surface area contributed by atoms with Gasteiger partial charge in [0.1, 0.15) is 9.71 Å². The number of carbonyl (C=O) groups is 1. The summed E-state index contributed by atoms with van der Waals surface area (Å²) in [6.45, 7) is 10.3. The Morgan fingerprint density at radius 2 is 1.81 bits per heavy atom. The molecule has 1 amide bonds. The van der Waals surface area contributed by atoms with Crippen molar-refractivity contribution < 1.29 is 4.79 Å². The lowest BCUT2D eigenvalue weighted by atomic mass is 9.92. The number of hydrogen-bond donors (Lipinski definition) is 0. The Morgan fingerprint density at radius 3 is 2.46 bits per heavy atom. The van der Waals surface area contributed by atoms with Crippen LogP contribution in [0.1, 0.15) is 41.2 Å². The zero-order chi connectivity index (χ0) is 18.4. The molecule has 1 aliphatic rings. The third kappa shape index (κ3) is 2.94. The first kappa shape index (κ1) is 17.3. The van der Waals surface area contributed by atoms with Crippen LogP contribution in [0.4, 0.5) is 0 Å². The molecule has 1 saturated heterocycles. The molecule has 3 aromatic heterocycles. The molecule has 1 fully saturated rings. The number of fused-ring (bicyclic) bond motifs is 1. The monoisotopic (exact) mass is 367 g/mol. The van der Waals surface area contributed by atoms with Crippen molar-refractivity contribution in [1.29, 1.82) is 0 Å². The summed E-state index contributed by atoms with van der Waals surface area (Å²) in [5.41, 5.74) is 3.15. The fourth-order valence-electron chi connectivity index (χ4n) is 4.27. The van der Waals surface area contributed by atoms with E-state index >= 15 is 0 Å². The summed E-state index contributed by atoms with van der Waals surface area (Å²) in [6, 6.07) is 6.10. The van der Waals surface area contributed by atoms with E-state index in [0.717, 1.165) is 39.6 Å². The minimum Gasteiger partial charge on any atom is -0.337 e. The summed E-state index contributed by atoms with van der Waals surface area (Å²) >= 11 is 1.53. The van der Waals surface area contributed by atoms with Crippen LogP contribution >= 0.6 is 11.3 Å². The Morgan fingerprint density at radius 1 is 1.15 bits per heavy atom. The Kier molecular flexibility index (Phi) is 4.35. The Hall–Kier alpha value is -2.14. The van der Waals surface area contributed by atoms with Crippen LogP contribution in [-0.4, -0.2) is 33.4 Å². The largest absolute Gasteiger partial charge is 0.337 e. The number of pyridine rings is 1. The van der Waals surface area contributed by atoms with Gasteiger partial charge in [0, 0.05) is 36.6 Å². The molecular weight excluding hydrogens is 342 g/mol. The van der Waals surface area contributed by atoms with Crippen molar-refractivity contribution >= 4 is 27.5 Å². The molecule has 4 rings (SSSR count).